The van der Waals surface area contributed by atoms with Crippen molar-refractivity contribution < 1.29 is 14.6 Å². The molecule has 0 radical (unpaired) electrons. The minimum atomic E-state index is -0.789. The smallest absolute Gasteiger partial charge is 0.304 e. The molecule has 0 aliphatic rings. The van der Waals surface area contributed by atoms with Gasteiger partial charge in [-0.15, -0.1) is 0 Å². The first-order valence-corrected chi connectivity index (χ1v) is 5.54. The highest BCUT2D eigenvalue weighted by molar-refractivity contribution is 5.68. The number of rotatable bonds is 6. The number of carboxylic acid groups (broad SMARTS) is 1. The van der Waals surface area contributed by atoms with Gasteiger partial charge in [-0.2, -0.15) is 0 Å². The SMILES string of the molecule is COc1ccccc1C(CC(=O)O)CN(C)C. The second-order valence-electron chi connectivity index (χ2n) is 4.30. The van der Waals surface area contributed by atoms with E-state index in [1.165, 1.54) is 0 Å². The Balaban J connectivity index is 2.98. The molecule has 94 valence electrons. The van der Waals surface area contributed by atoms with Crippen LogP contribution in [-0.2, 0) is 4.79 Å². The maximum atomic E-state index is 10.9. The molecule has 0 aliphatic carbocycles. The maximum absolute atomic E-state index is 10.9. The molecule has 1 aromatic carbocycles. The monoisotopic (exact) mass is 237 g/mol. The molecule has 17 heavy (non-hydrogen) atoms. The number of likely N-dealkylation sites (N-methyl/N-ethyl adjacent to an activating group) is 1. The summed E-state index contributed by atoms with van der Waals surface area (Å²) in [7, 11) is 5.47. The summed E-state index contributed by atoms with van der Waals surface area (Å²) in [4.78, 5) is 12.9. The molecule has 4 nitrogen and oxygen atoms in total. The summed E-state index contributed by atoms with van der Waals surface area (Å²) in [5.41, 5.74) is 0.950. The van der Waals surface area contributed by atoms with Crippen molar-refractivity contribution in [2.45, 2.75) is 12.3 Å². The summed E-state index contributed by atoms with van der Waals surface area (Å²) in [5, 5.41) is 8.96. The fraction of sp³-hybridized carbons (Fsp3) is 0.462. The number of aliphatic carboxylic acids is 1. The van der Waals surface area contributed by atoms with Gasteiger partial charge in [-0.25, -0.2) is 0 Å². The molecule has 4 heteroatoms. The average molecular weight is 237 g/mol. The number of ether oxygens (including phenoxy) is 1. The van der Waals surface area contributed by atoms with Gasteiger partial charge in [0, 0.05) is 12.5 Å². The van der Waals surface area contributed by atoms with Crippen molar-refractivity contribution in [1.82, 2.24) is 4.90 Å². The Morgan fingerprint density at radius 1 is 1.41 bits per heavy atom. The van der Waals surface area contributed by atoms with Crippen molar-refractivity contribution in [2.24, 2.45) is 0 Å². The first kappa shape index (κ1) is 13.5. The van der Waals surface area contributed by atoms with Gasteiger partial charge in [0.25, 0.3) is 0 Å². The van der Waals surface area contributed by atoms with Crippen LogP contribution >= 0.6 is 0 Å². The number of nitrogens with zero attached hydrogens (tertiary/aromatic N) is 1. The Hall–Kier alpha value is -1.55. The average Bonchev–Trinajstić information content (AvgIpc) is 2.27. The van der Waals surface area contributed by atoms with E-state index >= 15 is 0 Å². The van der Waals surface area contributed by atoms with Crippen LogP contribution in [0.1, 0.15) is 17.9 Å². The zero-order valence-electron chi connectivity index (χ0n) is 10.5. The zero-order valence-corrected chi connectivity index (χ0v) is 10.5. The molecule has 1 N–H and O–H groups in total. The number of carboxylic acids is 1. The molecule has 0 aliphatic heterocycles. The minimum absolute atomic E-state index is 0.0568. The second kappa shape index (κ2) is 6.25. The van der Waals surface area contributed by atoms with Gasteiger partial charge < -0.3 is 14.7 Å². The Bertz CT molecular complexity index is 377. The highest BCUT2D eigenvalue weighted by Crippen LogP contribution is 2.29. The molecule has 0 bridgehead atoms. The molecule has 0 fully saturated rings. The Kier molecular flexibility index (Phi) is 4.97. The normalized spacial score (nSPS) is 12.5. The first-order valence-electron chi connectivity index (χ1n) is 5.54. The number of methoxy groups -OCH3 is 1. The molecule has 1 unspecified atom stereocenters. The number of benzene rings is 1. The van der Waals surface area contributed by atoms with Crippen molar-refractivity contribution in [3.8, 4) is 5.75 Å². The van der Waals surface area contributed by atoms with Gasteiger partial charge in [0.2, 0.25) is 0 Å². The third kappa shape index (κ3) is 4.07. The van der Waals surface area contributed by atoms with Crippen LogP contribution in [0.15, 0.2) is 24.3 Å². The van der Waals surface area contributed by atoms with Crippen molar-refractivity contribution in [3.05, 3.63) is 29.8 Å². The predicted molar refractivity (Wildman–Crippen MR) is 66.5 cm³/mol. The molecule has 1 aromatic rings. The van der Waals surface area contributed by atoms with E-state index in [9.17, 15) is 4.79 Å². The lowest BCUT2D eigenvalue weighted by atomic mass is 9.94. The third-order valence-corrected chi connectivity index (χ3v) is 2.59. The summed E-state index contributed by atoms with van der Waals surface area (Å²) < 4.78 is 5.28. The van der Waals surface area contributed by atoms with Gasteiger partial charge in [-0.3, -0.25) is 4.79 Å². The van der Waals surface area contributed by atoms with Crippen LogP contribution in [0, 0.1) is 0 Å². The van der Waals surface area contributed by atoms with Crippen LogP contribution in [0.5, 0.6) is 5.75 Å². The number of hydrogen-bond acceptors (Lipinski definition) is 3. The molecular weight excluding hydrogens is 218 g/mol. The second-order valence-corrected chi connectivity index (χ2v) is 4.30. The number of hydrogen-bond donors (Lipinski definition) is 1. The lowest BCUT2D eigenvalue weighted by Gasteiger charge is -2.21. The fourth-order valence-corrected chi connectivity index (χ4v) is 1.93. The molecule has 1 rings (SSSR count). The minimum Gasteiger partial charge on any atom is -0.496 e. The molecular formula is C13H19NO3. The van der Waals surface area contributed by atoms with E-state index in [0.29, 0.717) is 6.54 Å². The van der Waals surface area contributed by atoms with E-state index in [0.717, 1.165) is 11.3 Å². The Morgan fingerprint density at radius 2 is 2.06 bits per heavy atom. The summed E-state index contributed by atoms with van der Waals surface area (Å²) in [6.07, 6.45) is 0.110. The van der Waals surface area contributed by atoms with Gasteiger partial charge in [0.15, 0.2) is 0 Å². The van der Waals surface area contributed by atoms with Crippen molar-refractivity contribution in [1.29, 1.82) is 0 Å². The van der Waals surface area contributed by atoms with E-state index in [-0.39, 0.29) is 12.3 Å². The molecule has 0 spiro atoms. The van der Waals surface area contributed by atoms with E-state index in [1.807, 2.05) is 43.3 Å². The summed E-state index contributed by atoms with van der Waals surface area (Å²) >= 11 is 0. The van der Waals surface area contributed by atoms with Gasteiger partial charge in [0.1, 0.15) is 5.75 Å². The largest absolute Gasteiger partial charge is 0.496 e. The molecule has 0 aromatic heterocycles. The van der Waals surface area contributed by atoms with E-state index in [1.54, 1.807) is 7.11 Å². The fourth-order valence-electron chi connectivity index (χ4n) is 1.93. The van der Waals surface area contributed by atoms with Crippen molar-refractivity contribution in [3.63, 3.8) is 0 Å². The number of carbonyl (C=O) groups is 1. The van der Waals surface area contributed by atoms with Gasteiger partial charge in [-0.1, -0.05) is 18.2 Å². The zero-order chi connectivity index (χ0) is 12.8. The van der Waals surface area contributed by atoms with Crippen LogP contribution in [0.25, 0.3) is 0 Å². The highest BCUT2D eigenvalue weighted by Gasteiger charge is 2.19. The molecule has 0 amide bonds. The van der Waals surface area contributed by atoms with E-state index in [4.69, 9.17) is 9.84 Å². The third-order valence-electron chi connectivity index (χ3n) is 2.59. The highest BCUT2D eigenvalue weighted by atomic mass is 16.5. The Labute approximate surface area is 102 Å². The van der Waals surface area contributed by atoms with Gasteiger partial charge in [-0.05, 0) is 25.7 Å². The van der Waals surface area contributed by atoms with Crippen molar-refractivity contribution in [2.75, 3.05) is 27.7 Å². The predicted octanol–water partition coefficient (Wildman–Crippen LogP) is 1.82. The van der Waals surface area contributed by atoms with Crippen LogP contribution < -0.4 is 4.74 Å². The topological polar surface area (TPSA) is 49.8 Å². The van der Waals surface area contributed by atoms with Crippen LogP contribution in [-0.4, -0.2) is 43.7 Å². The quantitative estimate of drug-likeness (QED) is 0.820. The Morgan fingerprint density at radius 3 is 2.59 bits per heavy atom. The van der Waals surface area contributed by atoms with Gasteiger partial charge in [0.05, 0.1) is 13.5 Å². The maximum Gasteiger partial charge on any atom is 0.304 e. The lowest BCUT2D eigenvalue weighted by Crippen LogP contribution is -2.22. The number of para-hydroxylation sites is 1. The van der Waals surface area contributed by atoms with Crippen LogP contribution in [0.2, 0.25) is 0 Å². The first-order chi connectivity index (χ1) is 8.04. The van der Waals surface area contributed by atoms with E-state index in [2.05, 4.69) is 0 Å². The van der Waals surface area contributed by atoms with E-state index < -0.39 is 5.97 Å². The standard InChI is InChI=1S/C13H19NO3/c1-14(2)9-10(8-13(15)16)11-6-4-5-7-12(11)17-3/h4-7,10H,8-9H2,1-3H3,(H,15,16). The van der Waals surface area contributed by atoms with Crippen LogP contribution in [0.4, 0.5) is 0 Å². The molecule has 0 saturated carbocycles. The van der Waals surface area contributed by atoms with Gasteiger partial charge >= 0.3 is 5.97 Å². The molecule has 0 heterocycles. The summed E-state index contributed by atoms with van der Waals surface area (Å²) in [6, 6.07) is 7.58. The van der Waals surface area contributed by atoms with Crippen LogP contribution in [0.3, 0.4) is 0 Å². The van der Waals surface area contributed by atoms with Crippen molar-refractivity contribution >= 4 is 5.97 Å². The molecule has 1 atom stereocenters. The molecule has 0 saturated heterocycles. The summed E-state index contributed by atoms with van der Waals surface area (Å²) in [6.45, 7) is 0.687. The lowest BCUT2D eigenvalue weighted by molar-refractivity contribution is -0.137. The summed E-state index contributed by atoms with van der Waals surface area (Å²) in [5.74, 6) is -0.0954.